The van der Waals surface area contributed by atoms with Gasteiger partial charge in [-0.05, 0) is 38.5 Å². The molecule has 0 bridgehead atoms. The summed E-state index contributed by atoms with van der Waals surface area (Å²) < 4.78 is 23.7. The number of aromatic nitrogens is 2. The van der Waals surface area contributed by atoms with E-state index in [4.69, 9.17) is 5.26 Å². The maximum atomic E-state index is 11.8. The van der Waals surface area contributed by atoms with Crippen molar-refractivity contribution in [1.82, 2.24) is 9.97 Å². The molecule has 0 saturated carbocycles. The summed E-state index contributed by atoms with van der Waals surface area (Å²) >= 11 is 0. The summed E-state index contributed by atoms with van der Waals surface area (Å²) in [6.07, 6.45) is 0.617. The fraction of sp³-hybridized carbons (Fsp3) is 0.389. The molecule has 0 aliphatic carbocycles. The lowest BCUT2D eigenvalue weighted by Crippen LogP contribution is -2.36. The van der Waals surface area contributed by atoms with Crippen molar-refractivity contribution in [3.63, 3.8) is 0 Å². The first kappa shape index (κ1) is 18.1. The smallest absolute Gasteiger partial charge is 0.229 e. The molecule has 0 radical (unpaired) electrons. The maximum absolute atomic E-state index is 11.8. The lowest BCUT2D eigenvalue weighted by Gasteiger charge is -2.28. The molecule has 1 aromatic carbocycles. The Morgan fingerprint density at radius 2 is 2.15 bits per heavy atom. The number of aryl methyl sites for hydroxylation is 1. The molecule has 2 heterocycles. The van der Waals surface area contributed by atoms with Gasteiger partial charge in [-0.1, -0.05) is 6.07 Å². The minimum atomic E-state index is -2.97. The first-order valence-electron chi connectivity index (χ1n) is 8.50. The van der Waals surface area contributed by atoms with Gasteiger partial charge in [0.15, 0.2) is 9.84 Å². The fourth-order valence-electron chi connectivity index (χ4n) is 3.18. The molecule has 1 unspecified atom stereocenters. The zero-order valence-corrected chi connectivity index (χ0v) is 15.6. The summed E-state index contributed by atoms with van der Waals surface area (Å²) in [6.45, 7) is 4.53. The summed E-state index contributed by atoms with van der Waals surface area (Å²) in [7, 11) is -2.97. The molecule has 1 saturated heterocycles. The first-order valence-corrected chi connectivity index (χ1v) is 10.3. The maximum Gasteiger partial charge on any atom is 0.229 e. The average molecular weight is 371 g/mol. The normalized spacial score (nSPS) is 18.3. The van der Waals surface area contributed by atoms with Crippen LogP contribution in [0.3, 0.4) is 0 Å². The van der Waals surface area contributed by atoms with Crippen LogP contribution in [0.25, 0.3) is 0 Å². The molecule has 136 valence electrons. The summed E-state index contributed by atoms with van der Waals surface area (Å²) in [5, 5.41) is 12.1. The van der Waals surface area contributed by atoms with Crippen LogP contribution in [0.15, 0.2) is 30.3 Å². The van der Waals surface area contributed by atoms with Gasteiger partial charge in [-0.3, -0.25) is 0 Å². The number of benzene rings is 1. The molecule has 1 N–H and O–H groups in total. The Kier molecular flexibility index (Phi) is 5.09. The van der Waals surface area contributed by atoms with Crippen molar-refractivity contribution in [3.05, 3.63) is 41.6 Å². The monoisotopic (exact) mass is 371 g/mol. The first-order chi connectivity index (χ1) is 12.4. The largest absolute Gasteiger partial charge is 0.353 e. The van der Waals surface area contributed by atoms with Crippen molar-refractivity contribution in [3.8, 4) is 6.07 Å². The van der Waals surface area contributed by atoms with E-state index in [1.165, 1.54) is 0 Å². The van der Waals surface area contributed by atoms with E-state index in [-0.39, 0.29) is 17.5 Å². The van der Waals surface area contributed by atoms with E-state index in [1.807, 2.05) is 30.9 Å². The standard InChI is InChI=1S/C18H21N5O2S/c1-3-23(16-7-8-26(24,25)12-16)17-9-13(2)20-18(22-17)21-15-6-4-5-14(10-15)11-19/h4-6,9-10,16H,3,7-8,12H2,1-2H3,(H,20,21,22). The van der Waals surface area contributed by atoms with Crippen LogP contribution in [0.4, 0.5) is 17.5 Å². The van der Waals surface area contributed by atoms with Gasteiger partial charge in [-0.15, -0.1) is 0 Å². The molecule has 1 fully saturated rings. The highest BCUT2D eigenvalue weighted by Crippen LogP contribution is 2.25. The fourth-order valence-corrected chi connectivity index (χ4v) is 4.91. The molecule has 0 amide bonds. The highest BCUT2D eigenvalue weighted by atomic mass is 32.2. The van der Waals surface area contributed by atoms with Crippen LogP contribution < -0.4 is 10.2 Å². The summed E-state index contributed by atoms with van der Waals surface area (Å²) in [4.78, 5) is 11.0. The zero-order valence-electron chi connectivity index (χ0n) is 14.8. The van der Waals surface area contributed by atoms with Gasteiger partial charge in [0.05, 0.1) is 23.1 Å². The Balaban J connectivity index is 1.88. The minimum absolute atomic E-state index is 0.0610. The Morgan fingerprint density at radius 3 is 2.81 bits per heavy atom. The Hall–Kier alpha value is -2.66. The summed E-state index contributed by atoms with van der Waals surface area (Å²) in [6, 6.07) is 11.0. The van der Waals surface area contributed by atoms with Crippen LogP contribution in [0.5, 0.6) is 0 Å². The number of hydrogen-bond donors (Lipinski definition) is 1. The third-order valence-electron chi connectivity index (χ3n) is 4.37. The van der Waals surface area contributed by atoms with Crippen LogP contribution in [-0.2, 0) is 9.84 Å². The van der Waals surface area contributed by atoms with Gasteiger partial charge in [-0.2, -0.15) is 10.2 Å². The van der Waals surface area contributed by atoms with Gasteiger partial charge in [0.25, 0.3) is 0 Å². The predicted octanol–water partition coefficient (Wildman–Crippen LogP) is 2.41. The molecule has 1 aromatic heterocycles. The van der Waals surface area contributed by atoms with Crippen molar-refractivity contribution in [1.29, 1.82) is 5.26 Å². The molecule has 8 heteroatoms. The number of hydrogen-bond acceptors (Lipinski definition) is 7. The van der Waals surface area contributed by atoms with Gasteiger partial charge >= 0.3 is 0 Å². The summed E-state index contributed by atoms with van der Waals surface area (Å²) in [5.41, 5.74) is 2.06. The molecule has 0 spiro atoms. The Bertz CT molecular complexity index is 952. The van der Waals surface area contributed by atoms with E-state index in [9.17, 15) is 8.42 Å². The minimum Gasteiger partial charge on any atom is -0.353 e. The number of anilines is 3. The second-order valence-electron chi connectivity index (χ2n) is 6.35. The average Bonchev–Trinajstić information content (AvgIpc) is 2.95. The molecule has 2 aromatic rings. The third-order valence-corrected chi connectivity index (χ3v) is 6.12. The van der Waals surface area contributed by atoms with Crippen molar-refractivity contribution >= 4 is 27.3 Å². The summed E-state index contributed by atoms with van der Waals surface area (Å²) in [5.74, 6) is 1.52. The van der Waals surface area contributed by atoms with Crippen LogP contribution in [0.2, 0.25) is 0 Å². The second kappa shape index (κ2) is 7.30. The van der Waals surface area contributed by atoms with Crippen molar-refractivity contribution < 1.29 is 8.42 Å². The van der Waals surface area contributed by atoms with Crippen LogP contribution in [0, 0.1) is 18.3 Å². The van der Waals surface area contributed by atoms with E-state index in [2.05, 4.69) is 21.4 Å². The number of nitrogens with zero attached hydrogens (tertiary/aromatic N) is 4. The highest BCUT2D eigenvalue weighted by Gasteiger charge is 2.32. The second-order valence-corrected chi connectivity index (χ2v) is 8.58. The SMILES string of the molecule is CCN(c1cc(C)nc(Nc2cccc(C#N)c2)n1)C1CCS(=O)(=O)C1. The van der Waals surface area contributed by atoms with E-state index in [0.717, 1.165) is 11.4 Å². The topological polar surface area (TPSA) is 99.0 Å². The van der Waals surface area contributed by atoms with E-state index < -0.39 is 9.84 Å². The number of rotatable bonds is 5. The number of nitrogens with one attached hydrogen (secondary N) is 1. The lowest BCUT2D eigenvalue weighted by atomic mass is 10.2. The highest BCUT2D eigenvalue weighted by molar-refractivity contribution is 7.91. The molecular formula is C18H21N5O2S. The molecule has 1 aliphatic rings. The molecule has 3 rings (SSSR count). The van der Waals surface area contributed by atoms with Crippen LogP contribution in [-0.4, -0.2) is 42.5 Å². The van der Waals surface area contributed by atoms with E-state index in [0.29, 0.717) is 30.3 Å². The zero-order chi connectivity index (χ0) is 18.7. The number of nitriles is 1. The third kappa shape index (κ3) is 4.11. The molecule has 1 atom stereocenters. The van der Waals surface area contributed by atoms with E-state index in [1.54, 1.807) is 18.2 Å². The molecule has 1 aliphatic heterocycles. The van der Waals surface area contributed by atoms with E-state index >= 15 is 0 Å². The van der Waals surface area contributed by atoms with Crippen molar-refractivity contribution in [2.24, 2.45) is 0 Å². The quantitative estimate of drug-likeness (QED) is 0.861. The molecule has 26 heavy (non-hydrogen) atoms. The lowest BCUT2D eigenvalue weighted by molar-refractivity contribution is 0.599. The van der Waals surface area contributed by atoms with Crippen LogP contribution >= 0.6 is 0 Å². The van der Waals surface area contributed by atoms with Gasteiger partial charge in [0.2, 0.25) is 5.95 Å². The Morgan fingerprint density at radius 1 is 1.35 bits per heavy atom. The van der Waals surface area contributed by atoms with Gasteiger partial charge in [0.1, 0.15) is 5.82 Å². The predicted molar refractivity (Wildman–Crippen MR) is 101 cm³/mol. The van der Waals surface area contributed by atoms with Gasteiger partial charge in [0, 0.05) is 30.0 Å². The van der Waals surface area contributed by atoms with Gasteiger partial charge in [-0.25, -0.2) is 13.4 Å². The van der Waals surface area contributed by atoms with Crippen molar-refractivity contribution in [2.45, 2.75) is 26.3 Å². The molecule has 7 nitrogen and oxygen atoms in total. The van der Waals surface area contributed by atoms with Gasteiger partial charge < -0.3 is 10.2 Å². The number of sulfone groups is 1. The van der Waals surface area contributed by atoms with Crippen molar-refractivity contribution in [2.75, 3.05) is 28.3 Å². The molecular weight excluding hydrogens is 350 g/mol. The Labute approximate surface area is 153 Å². The van der Waals surface area contributed by atoms with Crippen LogP contribution in [0.1, 0.15) is 24.6 Å².